The van der Waals surface area contributed by atoms with Crippen LogP contribution in [0.4, 0.5) is 0 Å². The molecule has 0 bridgehead atoms. The highest BCUT2D eigenvalue weighted by molar-refractivity contribution is 5.25. The molecule has 0 aromatic carbocycles. The predicted molar refractivity (Wildman–Crippen MR) is 122 cm³/mol. The van der Waals surface area contributed by atoms with E-state index in [1.54, 1.807) is 0 Å². The molecule has 0 aliphatic heterocycles. The molecule has 4 unspecified atom stereocenters. The van der Waals surface area contributed by atoms with E-state index in [-0.39, 0.29) is 22.9 Å². The fourth-order valence-electron chi connectivity index (χ4n) is 8.62. The number of aliphatic hydroxyl groups is 3. The molecule has 3 saturated carbocycles. The van der Waals surface area contributed by atoms with Crippen LogP contribution in [0.5, 0.6) is 0 Å². The molecule has 0 saturated heterocycles. The minimum atomic E-state index is -1.00. The molecule has 3 fully saturated rings. The van der Waals surface area contributed by atoms with Gasteiger partial charge in [0.05, 0.1) is 17.8 Å². The summed E-state index contributed by atoms with van der Waals surface area (Å²) < 4.78 is 0. The van der Waals surface area contributed by atoms with E-state index in [9.17, 15) is 15.3 Å². The summed E-state index contributed by atoms with van der Waals surface area (Å²) in [6.45, 7) is 11.2. The SMILES string of the molecule is CC(C)CC[C@H](O)[C@](C)(O)C1CCC2C3CC=C4C[C@@H](O)CC[C@]4(C)C3CC[C@@]21C. The van der Waals surface area contributed by atoms with Crippen LogP contribution in [0.2, 0.25) is 0 Å². The van der Waals surface area contributed by atoms with Gasteiger partial charge in [0.15, 0.2) is 0 Å². The van der Waals surface area contributed by atoms with Crippen molar-refractivity contribution in [3.63, 3.8) is 0 Å². The van der Waals surface area contributed by atoms with Crippen molar-refractivity contribution in [3.05, 3.63) is 11.6 Å². The van der Waals surface area contributed by atoms with Crippen LogP contribution in [0.3, 0.4) is 0 Å². The Hall–Kier alpha value is -0.380. The molecule has 3 nitrogen and oxygen atoms in total. The van der Waals surface area contributed by atoms with E-state index in [2.05, 4.69) is 33.8 Å². The van der Waals surface area contributed by atoms with Gasteiger partial charge in [0, 0.05) is 0 Å². The number of rotatable bonds is 5. The van der Waals surface area contributed by atoms with E-state index in [4.69, 9.17) is 0 Å². The molecule has 0 spiro atoms. The first kappa shape index (κ1) is 22.8. The minimum Gasteiger partial charge on any atom is -0.393 e. The zero-order chi connectivity index (χ0) is 21.9. The van der Waals surface area contributed by atoms with Crippen molar-refractivity contribution in [2.24, 2.45) is 40.4 Å². The van der Waals surface area contributed by atoms with Crippen LogP contribution < -0.4 is 0 Å². The summed E-state index contributed by atoms with van der Waals surface area (Å²) in [5, 5.41) is 32.7. The molecule has 3 N–H and O–H groups in total. The maximum atomic E-state index is 11.6. The van der Waals surface area contributed by atoms with Gasteiger partial charge in [-0.05, 0) is 112 Å². The number of hydrogen-bond acceptors (Lipinski definition) is 3. The van der Waals surface area contributed by atoms with Gasteiger partial charge in [0.2, 0.25) is 0 Å². The molecule has 0 aromatic heterocycles. The van der Waals surface area contributed by atoms with Crippen LogP contribution in [0.15, 0.2) is 11.6 Å². The second-order valence-corrected chi connectivity index (χ2v) is 12.5. The van der Waals surface area contributed by atoms with Crippen molar-refractivity contribution in [2.45, 2.75) is 117 Å². The maximum absolute atomic E-state index is 11.6. The Labute approximate surface area is 184 Å². The van der Waals surface area contributed by atoms with E-state index in [0.717, 1.165) is 44.4 Å². The Morgan fingerprint density at radius 1 is 1.07 bits per heavy atom. The summed E-state index contributed by atoms with van der Waals surface area (Å²) in [5.74, 6) is 2.80. The summed E-state index contributed by atoms with van der Waals surface area (Å²) in [6, 6.07) is 0. The van der Waals surface area contributed by atoms with E-state index in [1.807, 2.05) is 6.92 Å². The minimum absolute atomic E-state index is 0.124. The van der Waals surface area contributed by atoms with Crippen molar-refractivity contribution in [3.8, 4) is 0 Å². The summed E-state index contributed by atoms with van der Waals surface area (Å²) in [5.41, 5.74) is 0.914. The van der Waals surface area contributed by atoms with Crippen molar-refractivity contribution in [1.82, 2.24) is 0 Å². The summed E-state index contributed by atoms with van der Waals surface area (Å²) in [4.78, 5) is 0. The molecule has 0 heterocycles. The third kappa shape index (κ3) is 3.52. The number of fused-ring (bicyclic) bond motifs is 5. The van der Waals surface area contributed by atoms with Crippen molar-refractivity contribution < 1.29 is 15.3 Å². The Morgan fingerprint density at radius 3 is 2.50 bits per heavy atom. The Morgan fingerprint density at radius 2 is 1.80 bits per heavy atom. The molecule has 9 atom stereocenters. The van der Waals surface area contributed by atoms with E-state index < -0.39 is 11.7 Å². The Kier molecular flexibility index (Phi) is 5.99. The van der Waals surface area contributed by atoms with Gasteiger partial charge in [-0.3, -0.25) is 0 Å². The second-order valence-electron chi connectivity index (χ2n) is 12.5. The molecule has 4 rings (SSSR count). The fourth-order valence-corrected chi connectivity index (χ4v) is 8.62. The van der Waals surface area contributed by atoms with Crippen molar-refractivity contribution in [2.75, 3.05) is 0 Å². The molecule has 3 heteroatoms. The van der Waals surface area contributed by atoms with Gasteiger partial charge in [0.1, 0.15) is 0 Å². The lowest BCUT2D eigenvalue weighted by atomic mass is 9.46. The lowest BCUT2D eigenvalue weighted by molar-refractivity contribution is -0.151. The molecule has 172 valence electrons. The summed E-state index contributed by atoms with van der Waals surface area (Å²) in [7, 11) is 0. The molecule has 0 aromatic rings. The molecule has 0 radical (unpaired) electrons. The standard InChI is InChI=1S/C27H46O3/c1-17(2)6-11-24(29)27(5,30)23-10-9-21-20-8-7-18-16-19(28)12-14-25(18,3)22(20)13-15-26(21,23)4/h7,17,19-24,28-30H,6,8-16H2,1-5H3/t19-,20?,21?,22?,23?,24-,25-,26-,27+/m0/s1. The molecule has 4 aliphatic carbocycles. The summed E-state index contributed by atoms with van der Waals surface area (Å²) >= 11 is 0. The smallest absolute Gasteiger partial charge is 0.0910 e. The highest BCUT2D eigenvalue weighted by Crippen LogP contribution is 2.67. The Balaban J connectivity index is 1.55. The van der Waals surface area contributed by atoms with Gasteiger partial charge >= 0.3 is 0 Å². The fraction of sp³-hybridized carbons (Fsp3) is 0.926. The van der Waals surface area contributed by atoms with Crippen LogP contribution in [-0.2, 0) is 0 Å². The van der Waals surface area contributed by atoms with Crippen molar-refractivity contribution >= 4 is 0 Å². The lowest BCUT2D eigenvalue weighted by Crippen LogP contribution is -2.55. The van der Waals surface area contributed by atoms with Gasteiger partial charge < -0.3 is 15.3 Å². The van der Waals surface area contributed by atoms with E-state index >= 15 is 0 Å². The molecule has 30 heavy (non-hydrogen) atoms. The molecular formula is C27H46O3. The average Bonchev–Trinajstić information content (AvgIpc) is 3.04. The first-order valence-corrected chi connectivity index (χ1v) is 12.8. The highest BCUT2D eigenvalue weighted by atomic mass is 16.3. The normalized spacial score (nSPS) is 46.4. The number of allylic oxidation sites excluding steroid dienone is 1. The van der Waals surface area contributed by atoms with Crippen LogP contribution in [0.1, 0.15) is 98.8 Å². The first-order valence-electron chi connectivity index (χ1n) is 12.8. The topological polar surface area (TPSA) is 60.7 Å². The highest BCUT2D eigenvalue weighted by Gasteiger charge is 2.62. The van der Waals surface area contributed by atoms with Gasteiger partial charge in [-0.1, -0.05) is 39.3 Å². The molecule has 4 aliphatic rings. The van der Waals surface area contributed by atoms with Gasteiger partial charge in [-0.25, -0.2) is 0 Å². The zero-order valence-electron chi connectivity index (χ0n) is 20.0. The Bertz CT molecular complexity index is 667. The van der Waals surface area contributed by atoms with Crippen LogP contribution in [0, 0.1) is 40.4 Å². The van der Waals surface area contributed by atoms with Gasteiger partial charge in [-0.2, -0.15) is 0 Å². The summed E-state index contributed by atoms with van der Waals surface area (Å²) in [6.07, 6.45) is 12.1. The first-order chi connectivity index (χ1) is 14.0. The quantitative estimate of drug-likeness (QED) is 0.519. The largest absolute Gasteiger partial charge is 0.393 e. The molecular weight excluding hydrogens is 372 g/mol. The average molecular weight is 419 g/mol. The van der Waals surface area contributed by atoms with Crippen LogP contribution in [0.25, 0.3) is 0 Å². The van der Waals surface area contributed by atoms with Gasteiger partial charge in [-0.15, -0.1) is 0 Å². The number of aliphatic hydroxyl groups excluding tert-OH is 2. The van der Waals surface area contributed by atoms with Crippen LogP contribution >= 0.6 is 0 Å². The lowest BCUT2D eigenvalue weighted by Gasteiger charge is -2.59. The van der Waals surface area contributed by atoms with E-state index in [0.29, 0.717) is 24.2 Å². The second kappa shape index (κ2) is 7.89. The maximum Gasteiger partial charge on any atom is 0.0910 e. The third-order valence-corrected chi connectivity index (χ3v) is 10.5. The monoisotopic (exact) mass is 418 g/mol. The van der Waals surface area contributed by atoms with Crippen LogP contribution in [-0.4, -0.2) is 33.1 Å². The van der Waals surface area contributed by atoms with Crippen molar-refractivity contribution in [1.29, 1.82) is 0 Å². The zero-order valence-corrected chi connectivity index (χ0v) is 20.0. The van der Waals surface area contributed by atoms with Gasteiger partial charge in [0.25, 0.3) is 0 Å². The third-order valence-electron chi connectivity index (χ3n) is 10.5. The number of hydrogen-bond donors (Lipinski definition) is 3. The predicted octanol–water partition coefficient (Wildman–Crippen LogP) is 5.47. The molecule has 0 amide bonds. The van der Waals surface area contributed by atoms with E-state index in [1.165, 1.54) is 24.8 Å².